The Morgan fingerprint density at radius 3 is 1.53 bits per heavy atom. The summed E-state index contributed by atoms with van der Waals surface area (Å²) in [6, 6.07) is 11.7. The van der Waals surface area contributed by atoms with E-state index in [1.807, 2.05) is 24.3 Å². The van der Waals surface area contributed by atoms with Crippen molar-refractivity contribution >= 4 is 23.9 Å². The lowest BCUT2D eigenvalue weighted by Gasteiger charge is -2.27. The molecule has 1 aliphatic heterocycles. The summed E-state index contributed by atoms with van der Waals surface area (Å²) in [4.78, 5) is 49.3. The zero-order valence-electron chi connectivity index (χ0n) is 36.4. The molecule has 0 aliphatic carbocycles. The van der Waals surface area contributed by atoms with Gasteiger partial charge in [0.1, 0.15) is 30.6 Å². The number of aliphatic hydroxyl groups excluding tert-OH is 1. The molecular weight excluding hydrogens is 737 g/mol. The van der Waals surface area contributed by atoms with Crippen LogP contribution >= 0.6 is 0 Å². The minimum absolute atomic E-state index is 0.0883. The molecule has 58 heavy (non-hydrogen) atoms. The number of esters is 4. The van der Waals surface area contributed by atoms with Gasteiger partial charge >= 0.3 is 23.9 Å². The van der Waals surface area contributed by atoms with Crippen LogP contribution in [0.15, 0.2) is 36.4 Å². The van der Waals surface area contributed by atoms with Crippen LogP contribution in [-0.4, -0.2) is 62.0 Å². The first-order chi connectivity index (χ1) is 27.7. The molecular formula is C48H72O10. The monoisotopic (exact) mass is 809 g/mol. The van der Waals surface area contributed by atoms with Crippen molar-refractivity contribution in [2.24, 2.45) is 0 Å². The van der Waals surface area contributed by atoms with Crippen molar-refractivity contribution < 1.29 is 48.0 Å². The number of benzene rings is 2. The van der Waals surface area contributed by atoms with Gasteiger partial charge in [-0.25, -0.2) is 0 Å². The van der Waals surface area contributed by atoms with E-state index in [0.29, 0.717) is 56.8 Å². The quantitative estimate of drug-likeness (QED) is 0.0383. The highest BCUT2D eigenvalue weighted by molar-refractivity contribution is 5.90. The van der Waals surface area contributed by atoms with E-state index in [0.717, 1.165) is 73.6 Å². The Labute approximate surface area is 348 Å². The molecule has 0 radical (unpaired) electrons. The zero-order chi connectivity index (χ0) is 42.4. The third-order valence-corrected chi connectivity index (χ3v) is 10.5. The number of unbranched alkanes of at least 4 members (excludes halogenated alkanes) is 12. The highest BCUT2D eigenvalue weighted by Crippen LogP contribution is 2.47. The molecule has 10 nitrogen and oxygen atoms in total. The smallest absolute Gasteiger partial charge is 0.323 e. The summed E-state index contributed by atoms with van der Waals surface area (Å²) in [7, 11) is 0. The maximum absolute atomic E-state index is 13.2. The standard InChI is InChI=1S/C48H72O10/c1-47(2,3)37-34-39-44(46(53)58-45(39)40(35-37)48(4,5)6)36-25-27-38(28-26-36)54-32-33-57-43(52)24-18-15-21-31-56-42(51)23-17-14-20-30-55-41(50)22-16-12-10-8-7-9-11-13-19-29-49/h25-28,34-35,44,49H,7-24,29-33H2,1-6H3. The van der Waals surface area contributed by atoms with Gasteiger partial charge < -0.3 is 28.8 Å². The second-order valence-electron chi connectivity index (χ2n) is 17.7. The van der Waals surface area contributed by atoms with Gasteiger partial charge in [0.25, 0.3) is 0 Å². The Balaban J connectivity index is 1.18. The minimum atomic E-state index is -0.513. The summed E-state index contributed by atoms with van der Waals surface area (Å²) >= 11 is 0. The average molecular weight is 809 g/mol. The van der Waals surface area contributed by atoms with E-state index in [-0.39, 0.29) is 60.9 Å². The first-order valence-corrected chi connectivity index (χ1v) is 21.9. The number of carbonyl (C=O) groups is 4. The predicted molar refractivity (Wildman–Crippen MR) is 226 cm³/mol. The largest absolute Gasteiger partial charge is 0.490 e. The first kappa shape index (κ1) is 48.4. The van der Waals surface area contributed by atoms with E-state index in [1.54, 1.807) is 0 Å². The van der Waals surface area contributed by atoms with Gasteiger partial charge in [-0.1, -0.05) is 111 Å². The molecule has 2 aromatic carbocycles. The van der Waals surface area contributed by atoms with Crippen LogP contribution in [0.2, 0.25) is 0 Å². The van der Waals surface area contributed by atoms with Crippen LogP contribution in [0, 0.1) is 0 Å². The van der Waals surface area contributed by atoms with E-state index in [2.05, 4.69) is 53.7 Å². The molecule has 1 unspecified atom stereocenters. The zero-order valence-corrected chi connectivity index (χ0v) is 36.4. The lowest BCUT2D eigenvalue weighted by Crippen LogP contribution is -2.17. The van der Waals surface area contributed by atoms with Crippen LogP contribution in [0.25, 0.3) is 0 Å². The van der Waals surface area contributed by atoms with Gasteiger partial charge in [0.2, 0.25) is 0 Å². The number of carbonyl (C=O) groups excluding carboxylic acids is 4. The molecule has 1 aliphatic rings. The molecule has 1 atom stereocenters. The van der Waals surface area contributed by atoms with Crippen molar-refractivity contribution in [3.05, 3.63) is 58.7 Å². The Bertz CT molecular complexity index is 1550. The molecule has 324 valence electrons. The third-order valence-electron chi connectivity index (χ3n) is 10.5. The summed E-state index contributed by atoms with van der Waals surface area (Å²) in [6.07, 6.45) is 15.3. The van der Waals surface area contributed by atoms with Crippen molar-refractivity contribution in [2.45, 2.75) is 174 Å². The number of fused-ring (bicyclic) bond motifs is 1. The molecule has 0 saturated carbocycles. The van der Waals surface area contributed by atoms with Gasteiger partial charge in [-0.05, 0) is 85.5 Å². The summed E-state index contributed by atoms with van der Waals surface area (Å²) in [5.41, 5.74) is 3.65. The van der Waals surface area contributed by atoms with Gasteiger partial charge in [0, 0.05) is 37.0 Å². The second-order valence-corrected chi connectivity index (χ2v) is 17.7. The Morgan fingerprint density at radius 2 is 1.05 bits per heavy atom. The lowest BCUT2D eigenvalue weighted by atomic mass is 9.77. The number of hydrogen-bond acceptors (Lipinski definition) is 10. The highest BCUT2D eigenvalue weighted by Gasteiger charge is 2.39. The molecule has 10 heteroatoms. The SMILES string of the molecule is CC(C)(C)c1cc2c(c(C(C)(C)C)c1)OC(=O)C2c1ccc(OCCOC(=O)CCCCCOC(=O)CCCCCOC(=O)CCCCCCCCCCCO)cc1. The van der Waals surface area contributed by atoms with E-state index in [9.17, 15) is 19.2 Å². The lowest BCUT2D eigenvalue weighted by molar-refractivity contribution is -0.145. The Morgan fingerprint density at radius 1 is 0.586 bits per heavy atom. The van der Waals surface area contributed by atoms with Crippen molar-refractivity contribution in [3.8, 4) is 11.5 Å². The number of ether oxygens (including phenoxy) is 5. The third kappa shape index (κ3) is 17.9. The van der Waals surface area contributed by atoms with Gasteiger partial charge in [-0.15, -0.1) is 0 Å². The van der Waals surface area contributed by atoms with E-state index in [4.69, 9.17) is 28.8 Å². The van der Waals surface area contributed by atoms with Gasteiger partial charge in [0.15, 0.2) is 0 Å². The molecule has 0 bridgehead atoms. The molecule has 0 aromatic heterocycles. The molecule has 0 fully saturated rings. The van der Waals surface area contributed by atoms with Crippen LogP contribution < -0.4 is 9.47 Å². The molecule has 0 spiro atoms. The van der Waals surface area contributed by atoms with Crippen LogP contribution in [0.5, 0.6) is 11.5 Å². The fourth-order valence-corrected chi connectivity index (χ4v) is 6.95. The predicted octanol–water partition coefficient (Wildman–Crippen LogP) is 10.4. The molecule has 2 aromatic rings. The van der Waals surface area contributed by atoms with Gasteiger partial charge in [0.05, 0.1) is 13.2 Å². The van der Waals surface area contributed by atoms with Crippen LogP contribution in [0.3, 0.4) is 0 Å². The normalized spacial score (nSPS) is 13.8. The molecule has 1 heterocycles. The van der Waals surface area contributed by atoms with E-state index >= 15 is 0 Å². The molecule has 0 saturated heterocycles. The first-order valence-electron chi connectivity index (χ1n) is 21.9. The summed E-state index contributed by atoms with van der Waals surface area (Å²) < 4.78 is 27.7. The number of hydrogen-bond donors (Lipinski definition) is 1. The van der Waals surface area contributed by atoms with Crippen LogP contribution in [0.1, 0.15) is 185 Å². The van der Waals surface area contributed by atoms with Crippen molar-refractivity contribution in [1.82, 2.24) is 0 Å². The van der Waals surface area contributed by atoms with E-state index < -0.39 is 5.92 Å². The highest BCUT2D eigenvalue weighted by atomic mass is 16.6. The van der Waals surface area contributed by atoms with E-state index in [1.165, 1.54) is 25.7 Å². The summed E-state index contributed by atoms with van der Waals surface area (Å²) in [5, 5.41) is 8.80. The number of rotatable bonds is 28. The Kier molecular flexibility index (Phi) is 21.3. The molecule has 0 amide bonds. The number of aliphatic hydroxyl groups is 1. The second kappa shape index (κ2) is 25.5. The molecule has 3 rings (SSSR count). The van der Waals surface area contributed by atoms with Gasteiger partial charge in [-0.2, -0.15) is 0 Å². The van der Waals surface area contributed by atoms with Gasteiger partial charge in [-0.3, -0.25) is 19.2 Å². The fraction of sp³-hybridized carbons (Fsp3) is 0.667. The molecule has 1 N–H and O–H groups in total. The minimum Gasteiger partial charge on any atom is -0.490 e. The van der Waals surface area contributed by atoms with Crippen LogP contribution in [-0.2, 0) is 44.2 Å². The fourth-order valence-electron chi connectivity index (χ4n) is 6.95. The average Bonchev–Trinajstić information content (AvgIpc) is 3.51. The maximum atomic E-state index is 13.2. The maximum Gasteiger partial charge on any atom is 0.323 e. The van der Waals surface area contributed by atoms with Crippen LogP contribution in [0.4, 0.5) is 0 Å². The summed E-state index contributed by atoms with van der Waals surface area (Å²) in [5.74, 6) is -0.173. The van der Waals surface area contributed by atoms with Crippen molar-refractivity contribution in [3.63, 3.8) is 0 Å². The topological polar surface area (TPSA) is 135 Å². The van der Waals surface area contributed by atoms with Crippen molar-refractivity contribution in [2.75, 3.05) is 33.0 Å². The summed E-state index contributed by atoms with van der Waals surface area (Å²) in [6.45, 7) is 14.2. The van der Waals surface area contributed by atoms with Crippen molar-refractivity contribution in [1.29, 1.82) is 0 Å². The Hall–Kier alpha value is -3.92.